The molecule has 27 heavy (non-hydrogen) atoms. The van der Waals surface area contributed by atoms with Gasteiger partial charge in [0.05, 0.1) is 12.2 Å². The molecule has 0 fully saturated rings. The zero-order valence-electron chi connectivity index (χ0n) is 16.0. The molecule has 0 bridgehead atoms. The minimum absolute atomic E-state index is 0.139. The minimum Gasteiger partial charge on any atom is -0.480 e. The number of ether oxygens (including phenoxy) is 1. The number of hydrogen-bond donors (Lipinski definition) is 1. The Kier molecular flexibility index (Phi) is 5.91. The van der Waals surface area contributed by atoms with E-state index in [1.54, 1.807) is 6.92 Å². The molecular weight excluding hydrogens is 338 g/mol. The fourth-order valence-corrected chi connectivity index (χ4v) is 3.00. The first kappa shape index (κ1) is 18.7. The SMILES string of the molecule is Cc1cc(C)n(CCNC(=O)C(C)Oc2ccccc2-c2ccccc2)n1. The number of nitrogens with zero attached hydrogens (tertiary/aromatic N) is 2. The maximum atomic E-state index is 12.4. The Balaban J connectivity index is 1.59. The molecule has 0 saturated heterocycles. The predicted molar refractivity (Wildman–Crippen MR) is 107 cm³/mol. The lowest BCUT2D eigenvalue weighted by atomic mass is 10.0. The van der Waals surface area contributed by atoms with E-state index in [1.807, 2.05) is 79.2 Å². The molecule has 0 aliphatic heterocycles. The Hall–Kier alpha value is -3.08. The molecule has 0 aliphatic carbocycles. The Labute approximate surface area is 160 Å². The van der Waals surface area contributed by atoms with Crippen molar-refractivity contribution < 1.29 is 9.53 Å². The first-order chi connectivity index (χ1) is 13.0. The van der Waals surface area contributed by atoms with Crippen molar-refractivity contribution in [1.29, 1.82) is 0 Å². The lowest BCUT2D eigenvalue weighted by molar-refractivity contribution is -0.127. The number of carbonyl (C=O) groups excluding carboxylic acids is 1. The van der Waals surface area contributed by atoms with E-state index in [1.165, 1.54) is 0 Å². The summed E-state index contributed by atoms with van der Waals surface area (Å²) in [5, 5.41) is 7.32. The van der Waals surface area contributed by atoms with Crippen LogP contribution in [0.25, 0.3) is 11.1 Å². The van der Waals surface area contributed by atoms with Crippen LogP contribution in [-0.2, 0) is 11.3 Å². The van der Waals surface area contributed by atoms with Crippen LogP contribution in [0.15, 0.2) is 60.7 Å². The van der Waals surface area contributed by atoms with Crippen molar-refractivity contribution in [3.63, 3.8) is 0 Å². The molecule has 140 valence electrons. The molecule has 1 atom stereocenters. The van der Waals surface area contributed by atoms with Gasteiger partial charge in [-0.2, -0.15) is 5.10 Å². The van der Waals surface area contributed by atoms with E-state index in [0.717, 1.165) is 22.5 Å². The number of benzene rings is 2. The van der Waals surface area contributed by atoms with Crippen molar-refractivity contribution in [3.8, 4) is 16.9 Å². The van der Waals surface area contributed by atoms with Crippen molar-refractivity contribution in [2.24, 2.45) is 0 Å². The van der Waals surface area contributed by atoms with E-state index in [2.05, 4.69) is 10.4 Å². The first-order valence-corrected chi connectivity index (χ1v) is 9.14. The van der Waals surface area contributed by atoms with Crippen molar-refractivity contribution >= 4 is 5.91 Å². The molecule has 5 nitrogen and oxygen atoms in total. The number of para-hydroxylation sites is 1. The van der Waals surface area contributed by atoms with Crippen molar-refractivity contribution in [2.45, 2.75) is 33.4 Å². The average molecular weight is 363 g/mol. The third kappa shape index (κ3) is 4.76. The van der Waals surface area contributed by atoms with E-state index in [0.29, 0.717) is 18.8 Å². The van der Waals surface area contributed by atoms with Crippen LogP contribution in [-0.4, -0.2) is 28.3 Å². The number of hydrogen-bond acceptors (Lipinski definition) is 3. The standard InChI is InChI=1S/C22H25N3O2/c1-16-15-17(2)25(24-16)14-13-23-22(26)18(3)27-21-12-8-7-11-20(21)19-9-5-4-6-10-19/h4-12,15,18H,13-14H2,1-3H3,(H,23,26). The second-order valence-electron chi connectivity index (χ2n) is 6.56. The second-order valence-corrected chi connectivity index (χ2v) is 6.56. The van der Waals surface area contributed by atoms with Crippen LogP contribution < -0.4 is 10.1 Å². The van der Waals surface area contributed by atoms with Gasteiger partial charge < -0.3 is 10.1 Å². The number of nitrogens with one attached hydrogen (secondary N) is 1. The zero-order chi connectivity index (χ0) is 19.2. The van der Waals surface area contributed by atoms with Crippen LogP contribution in [0.4, 0.5) is 0 Å². The molecular formula is C22H25N3O2. The smallest absolute Gasteiger partial charge is 0.260 e. The van der Waals surface area contributed by atoms with Gasteiger partial charge in [0.1, 0.15) is 5.75 Å². The molecule has 0 saturated carbocycles. The molecule has 3 rings (SSSR count). The maximum Gasteiger partial charge on any atom is 0.260 e. The maximum absolute atomic E-state index is 12.4. The summed E-state index contributed by atoms with van der Waals surface area (Å²) in [6, 6.07) is 19.8. The van der Waals surface area contributed by atoms with E-state index in [9.17, 15) is 4.79 Å². The fraction of sp³-hybridized carbons (Fsp3) is 0.273. The van der Waals surface area contributed by atoms with E-state index < -0.39 is 6.10 Å². The summed E-state index contributed by atoms with van der Waals surface area (Å²) in [6.07, 6.45) is -0.588. The number of aryl methyl sites for hydroxylation is 2. The van der Waals surface area contributed by atoms with Crippen LogP contribution in [0.2, 0.25) is 0 Å². The van der Waals surface area contributed by atoms with Gasteiger partial charge in [-0.3, -0.25) is 9.48 Å². The molecule has 1 heterocycles. The summed E-state index contributed by atoms with van der Waals surface area (Å²) in [6.45, 7) is 6.88. The second kappa shape index (κ2) is 8.54. The van der Waals surface area contributed by atoms with Gasteiger partial charge in [0.2, 0.25) is 0 Å². The van der Waals surface area contributed by atoms with Crippen LogP contribution >= 0.6 is 0 Å². The molecule has 3 aromatic rings. The molecule has 5 heteroatoms. The number of rotatable bonds is 7. The molecule has 1 unspecified atom stereocenters. The molecule has 0 aliphatic rings. The lowest BCUT2D eigenvalue weighted by Crippen LogP contribution is -2.38. The van der Waals surface area contributed by atoms with Gasteiger partial charge in [0.15, 0.2) is 6.10 Å². The Morgan fingerprint density at radius 2 is 1.81 bits per heavy atom. The number of carbonyl (C=O) groups is 1. The number of aromatic nitrogens is 2. The first-order valence-electron chi connectivity index (χ1n) is 9.14. The average Bonchev–Trinajstić information content (AvgIpc) is 3.00. The summed E-state index contributed by atoms with van der Waals surface area (Å²) in [5.41, 5.74) is 4.10. The van der Waals surface area contributed by atoms with E-state index in [4.69, 9.17) is 4.74 Å². The summed E-state index contributed by atoms with van der Waals surface area (Å²) in [4.78, 5) is 12.4. The van der Waals surface area contributed by atoms with Gasteiger partial charge in [-0.1, -0.05) is 48.5 Å². The van der Waals surface area contributed by atoms with E-state index in [-0.39, 0.29) is 5.91 Å². The highest BCUT2D eigenvalue weighted by Crippen LogP contribution is 2.30. The Bertz CT molecular complexity index is 903. The molecule has 1 aromatic heterocycles. The van der Waals surface area contributed by atoms with Crippen molar-refractivity contribution in [3.05, 3.63) is 72.1 Å². The molecule has 1 N–H and O–H groups in total. The van der Waals surface area contributed by atoms with Crippen LogP contribution in [0.3, 0.4) is 0 Å². The summed E-state index contributed by atoms with van der Waals surface area (Å²) in [5.74, 6) is 0.560. The highest BCUT2D eigenvalue weighted by atomic mass is 16.5. The molecule has 0 spiro atoms. The summed E-state index contributed by atoms with van der Waals surface area (Å²) >= 11 is 0. The van der Waals surface area contributed by atoms with Gasteiger partial charge in [0, 0.05) is 17.8 Å². The third-order valence-corrected chi connectivity index (χ3v) is 4.37. The summed E-state index contributed by atoms with van der Waals surface area (Å²) in [7, 11) is 0. The van der Waals surface area contributed by atoms with Crippen LogP contribution in [0.1, 0.15) is 18.3 Å². The van der Waals surface area contributed by atoms with Gasteiger partial charge in [-0.25, -0.2) is 0 Å². The monoisotopic (exact) mass is 363 g/mol. The van der Waals surface area contributed by atoms with Crippen molar-refractivity contribution in [1.82, 2.24) is 15.1 Å². The largest absolute Gasteiger partial charge is 0.480 e. The summed E-state index contributed by atoms with van der Waals surface area (Å²) < 4.78 is 7.85. The zero-order valence-corrected chi connectivity index (χ0v) is 16.0. The molecule has 2 aromatic carbocycles. The third-order valence-electron chi connectivity index (χ3n) is 4.37. The van der Waals surface area contributed by atoms with Crippen LogP contribution in [0, 0.1) is 13.8 Å². The molecule has 1 amide bonds. The topological polar surface area (TPSA) is 56.2 Å². The number of amides is 1. The minimum atomic E-state index is -0.588. The highest BCUT2D eigenvalue weighted by molar-refractivity contribution is 5.81. The van der Waals surface area contributed by atoms with Gasteiger partial charge in [-0.15, -0.1) is 0 Å². The Morgan fingerprint density at radius 1 is 1.11 bits per heavy atom. The quantitative estimate of drug-likeness (QED) is 0.695. The van der Waals surface area contributed by atoms with Gasteiger partial charge in [0.25, 0.3) is 5.91 Å². The van der Waals surface area contributed by atoms with E-state index >= 15 is 0 Å². The highest BCUT2D eigenvalue weighted by Gasteiger charge is 2.16. The normalized spacial score (nSPS) is 11.8. The van der Waals surface area contributed by atoms with Crippen LogP contribution in [0.5, 0.6) is 5.75 Å². The molecule has 0 radical (unpaired) electrons. The predicted octanol–water partition coefficient (Wildman–Crippen LogP) is 3.75. The fourth-order valence-electron chi connectivity index (χ4n) is 3.00. The van der Waals surface area contributed by atoms with Gasteiger partial charge in [-0.05, 0) is 38.5 Å². The lowest BCUT2D eigenvalue weighted by Gasteiger charge is -2.17. The Morgan fingerprint density at radius 3 is 2.52 bits per heavy atom. The van der Waals surface area contributed by atoms with Crippen molar-refractivity contribution in [2.75, 3.05) is 6.54 Å². The van der Waals surface area contributed by atoms with Gasteiger partial charge >= 0.3 is 0 Å².